The number of thiazole rings is 1. The monoisotopic (exact) mass is 505 g/mol. The first-order valence-electron chi connectivity index (χ1n) is 12.6. The van der Waals surface area contributed by atoms with Crippen molar-refractivity contribution < 1.29 is 14.4 Å². The van der Waals surface area contributed by atoms with Crippen molar-refractivity contribution in [1.29, 1.82) is 0 Å². The van der Waals surface area contributed by atoms with Crippen molar-refractivity contribution in [3.05, 3.63) is 65.2 Å². The summed E-state index contributed by atoms with van der Waals surface area (Å²) in [7, 11) is 0. The summed E-state index contributed by atoms with van der Waals surface area (Å²) in [6.45, 7) is 2.82. The lowest BCUT2D eigenvalue weighted by atomic mass is 10.1. The van der Waals surface area contributed by atoms with Crippen molar-refractivity contribution in [3.8, 4) is 0 Å². The Balaban J connectivity index is 1.35. The van der Waals surface area contributed by atoms with Gasteiger partial charge in [-0.05, 0) is 56.0 Å². The fourth-order valence-corrected chi connectivity index (χ4v) is 5.69. The summed E-state index contributed by atoms with van der Waals surface area (Å²) in [5.41, 5.74) is 3.88. The lowest BCUT2D eigenvalue weighted by Crippen LogP contribution is -2.44. The Hall–Kier alpha value is -3.30. The maximum absolute atomic E-state index is 13.5. The van der Waals surface area contributed by atoms with E-state index in [1.165, 1.54) is 0 Å². The molecule has 9 heteroatoms. The van der Waals surface area contributed by atoms with Crippen molar-refractivity contribution in [2.45, 2.75) is 37.8 Å². The topological polar surface area (TPSA) is 94.6 Å². The number of hydrogen-bond acceptors (Lipinski definition) is 6. The van der Waals surface area contributed by atoms with Crippen molar-refractivity contribution >= 4 is 39.3 Å². The summed E-state index contributed by atoms with van der Waals surface area (Å²) in [5.74, 6) is -0.0851. The molecule has 0 radical (unpaired) electrons. The molecule has 2 N–H and O–H groups in total. The second kappa shape index (κ2) is 11.2. The molecule has 8 nitrogen and oxygen atoms in total. The summed E-state index contributed by atoms with van der Waals surface area (Å²) in [6.07, 6.45) is 2.84. The van der Waals surface area contributed by atoms with E-state index in [9.17, 15) is 14.4 Å². The Labute approximate surface area is 214 Å². The molecule has 0 spiro atoms. The van der Waals surface area contributed by atoms with Crippen LogP contribution in [0.5, 0.6) is 0 Å². The third-order valence-corrected chi connectivity index (χ3v) is 7.80. The highest BCUT2D eigenvalue weighted by Crippen LogP contribution is 2.21. The molecule has 2 atom stereocenters. The van der Waals surface area contributed by atoms with E-state index >= 15 is 0 Å². The van der Waals surface area contributed by atoms with Gasteiger partial charge in [0.05, 0.1) is 21.8 Å². The minimum atomic E-state index is -0.289. The summed E-state index contributed by atoms with van der Waals surface area (Å²) in [4.78, 5) is 47.7. The minimum Gasteiger partial charge on any atom is -0.355 e. The van der Waals surface area contributed by atoms with Gasteiger partial charge < -0.3 is 20.4 Å². The first-order chi connectivity index (χ1) is 17.6. The van der Waals surface area contributed by atoms with Gasteiger partial charge in [0, 0.05) is 49.9 Å². The number of hydrogen-bond donors (Lipinski definition) is 2. The number of benzene rings is 2. The quantitative estimate of drug-likeness (QED) is 0.559. The van der Waals surface area contributed by atoms with Crippen LogP contribution in [0.4, 0.5) is 0 Å². The Morgan fingerprint density at radius 3 is 2.64 bits per heavy atom. The van der Waals surface area contributed by atoms with Gasteiger partial charge in [0.2, 0.25) is 5.91 Å². The van der Waals surface area contributed by atoms with Crippen molar-refractivity contribution in [2.24, 2.45) is 0 Å². The Bertz CT molecular complexity index is 1230. The van der Waals surface area contributed by atoms with Crippen molar-refractivity contribution in [3.63, 3.8) is 0 Å². The van der Waals surface area contributed by atoms with Gasteiger partial charge in [-0.15, -0.1) is 11.3 Å². The van der Waals surface area contributed by atoms with E-state index in [0.717, 1.165) is 23.1 Å². The van der Waals surface area contributed by atoms with Gasteiger partial charge in [-0.3, -0.25) is 14.4 Å². The molecule has 3 aromatic rings. The van der Waals surface area contributed by atoms with E-state index in [-0.39, 0.29) is 29.8 Å². The Kier molecular flexibility index (Phi) is 7.58. The summed E-state index contributed by atoms with van der Waals surface area (Å²) in [6, 6.07) is 14.6. The molecule has 2 aromatic carbocycles. The summed E-state index contributed by atoms with van der Waals surface area (Å²) < 4.78 is 1.06. The molecule has 0 aliphatic carbocycles. The van der Waals surface area contributed by atoms with Gasteiger partial charge in [0.15, 0.2) is 0 Å². The first kappa shape index (κ1) is 24.4. The number of nitrogens with one attached hydrogen (secondary N) is 2. The predicted molar refractivity (Wildman–Crippen MR) is 140 cm³/mol. The van der Waals surface area contributed by atoms with Gasteiger partial charge in [-0.1, -0.05) is 18.2 Å². The average Bonchev–Trinajstić information content (AvgIpc) is 3.58. The lowest BCUT2D eigenvalue weighted by molar-refractivity contribution is -0.122. The van der Waals surface area contributed by atoms with Crippen LogP contribution in [0.1, 0.15) is 46.4 Å². The van der Waals surface area contributed by atoms with Gasteiger partial charge in [-0.25, -0.2) is 4.98 Å². The van der Waals surface area contributed by atoms with Crippen LogP contribution < -0.4 is 10.6 Å². The van der Waals surface area contributed by atoms with Gasteiger partial charge >= 0.3 is 0 Å². The molecule has 2 bridgehead atoms. The van der Waals surface area contributed by atoms with Crippen LogP contribution in [0, 0.1) is 0 Å². The molecule has 1 aromatic heterocycles. The molecule has 188 valence electrons. The van der Waals surface area contributed by atoms with Crippen LogP contribution in [0.3, 0.4) is 0 Å². The number of carbonyl (C=O) groups excluding carboxylic acids is 3. The van der Waals surface area contributed by atoms with Gasteiger partial charge in [0.25, 0.3) is 11.8 Å². The molecule has 2 aliphatic heterocycles. The third kappa shape index (κ3) is 5.42. The highest BCUT2D eigenvalue weighted by Gasteiger charge is 2.35. The Morgan fingerprint density at radius 1 is 0.944 bits per heavy atom. The normalized spacial score (nSPS) is 21.7. The minimum absolute atomic E-state index is 0.0221. The number of nitrogens with zero attached hydrogens (tertiary/aromatic N) is 3. The van der Waals surface area contributed by atoms with Crippen molar-refractivity contribution in [2.75, 3.05) is 32.7 Å². The summed E-state index contributed by atoms with van der Waals surface area (Å²) >= 11 is 1.56. The molecular formula is C27H31N5O3S. The van der Waals surface area contributed by atoms with E-state index in [2.05, 4.69) is 15.6 Å². The molecule has 36 heavy (non-hydrogen) atoms. The fraction of sp³-hybridized carbons (Fsp3) is 0.407. The van der Waals surface area contributed by atoms with Crippen LogP contribution in [0.2, 0.25) is 0 Å². The average molecular weight is 506 g/mol. The maximum Gasteiger partial charge on any atom is 0.254 e. The van der Waals surface area contributed by atoms with Crippen LogP contribution in [-0.4, -0.2) is 77.3 Å². The smallest absolute Gasteiger partial charge is 0.254 e. The maximum atomic E-state index is 13.5. The largest absolute Gasteiger partial charge is 0.355 e. The van der Waals surface area contributed by atoms with E-state index in [4.69, 9.17) is 0 Å². The first-order valence-corrected chi connectivity index (χ1v) is 13.5. The van der Waals surface area contributed by atoms with E-state index in [1.54, 1.807) is 16.8 Å². The number of carbonyl (C=O) groups is 3. The molecule has 0 unspecified atom stereocenters. The Morgan fingerprint density at radius 2 is 1.78 bits per heavy atom. The predicted octanol–water partition coefficient (Wildman–Crippen LogP) is 2.91. The second-order valence-electron chi connectivity index (χ2n) is 9.39. The molecule has 2 aliphatic rings. The molecule has 3 amide bonds. The van der Waals surface area contributed by atoms with Gasteiger partial charge in [-0.2, -0.15) is 0 Å². The summed E-state index contributed by atoms with van der Waals surface area (Å²) in [5, 5.41) is 6.31. The van der Waals surface area contributed by atoms with Crippen LogP contribution in [-0.2, 0) is 4.79 Å². The van der Waals surface area contributed by atoms with E-state index in [1.807, 2.05) is 58.3 Å². The highest BCUT2D eigenvalue weighted by atomic mass is 32.1. The highest BCUT2D eigenvalue weighted by molar-refractivity contribution is 7.16. The SMILES string of the molecule is O=C1NCCCCN(C(=O)c2ccc3scnc3c2)CCCN(C(=O)c2ccccc2)[C@@H]2CN[C@H]1C2. The second-order valence-corrected chi connectivity index (χ2v) is 10.3. The van der Waals surface area contributed by atoms with Crippen LogP contribution in [0.15, 0.2) is 54.0 Å². The molecule has 2 saturated heterocycles. The standard InChI is InChI=1S/C27H31N5O3S/c33-25-23-16-21(17-29-23)32(27(35)19-7-2-1-3-8-19)14-6-13-31(12-5-4-11-28-25)26(34)20-9-10-24-22(15-20)30-18-36-24/h1-3,7-10,15,18,21,23,29H,4-6,11-14,16-17H2,(H,28,33)/t21-,23-/m0/s1. The fourth-order valence-electron chi connectivity index (χ4n) is 5.03. The molecule has 2 fully saturated rings. The number of aromatic nitrogens is 1. The van der Waals surface area contributed by atoms with Crippen LogP contribution in [0.25, 0.3) is 10.2 Å². The molecule has 5 rings (SSSR count). The number of fused-ring (bicyclic) bond motifs is 3. The van der Waals surface area contributed by atoms with E-state index < -0.39 is 0 Å². The zero-order valence-electron chi connectivity index (χ0n) is 20.2. The third-order valence-electron chi connectivity index (χ3n) is 6.99. The van der Waals surface area contributed by atoms with Gasteiger partial charge in [0.1, 0.15) is 0 Å². The van der Waals surface area contributed by atoms with Crippen molar-refractivity contribution in [1.82, 2.24) is 25.4 Å². The molecular weight excluding hydrogens is 474 g/mol. The number of rotatable bonds is 2. The molecule has 0 saturated carbocycles. The van der Waals surface area contributed by atoms with E-state index in [0.29, 0.717) is 56.7 Å². The zero-order valence-corrected chi connectivity index (χ0v) is 21.0. The zero-order chi connectivity index (χ0) is 24.9. The molecule has 3 heterocycles. The van der Waals surface area contributed by atoms with Crippen LogP contribution >= 0.6 is 11.3 Å². The number of amides is 3. The lowest BCUT2D eigenvalue weighted by Gasteiger charge is -2.31.